The summed E-state index contributed by atoms with van der Waals surface area (Å²) in [4.78, 5) is 10.6. The monoisotopic (exact) mass is 164 g/mol. The van der Waals surface area contributed by atoms with Gasteiger partial charge in [-0.05, 0) is 27.7 Å². The minimum Gasteiger partial charge on any atom is -0.432 e. The summed E-state index contributed by atoms with van der Waals surface area (Å²) < 4.78 is 9.40. The highest BCUT2D eigenvalue weighted by Crippen LogP contribution is 1.95. The summed E-state index contributed by atoms with van der Waals surface area (Å²) in [5, 5.41) is 0. The third-order valence-electron chi connectivity index (χ3n) is 0.664. The second kappa shape index (κ2) is 5.97. The fraction of sp³-hybridized carbons (Fsp3) is 0.857. The van der Waals surface area contributed by atoms with Crippen molar-refractivity contribution < 1.29 is 19.7 Å². The summed E-state index contributed by atoms with van der Waals surface area (Å²) in [7, 11) is 0. The molecule has 4 heteroatoms. The molecule has 0 atom stereocenters. The number of ether oxygens (including phenoxy) is 2. The number of carbonyl (C=O) groups is 1. The van der Waals surface area contributed by atoms with Crippen LogP contribution < -0.4 is 0 Å². The molecule has 4 nitrogen and oxygen atoms in total. The maximum atomic E-state index is 10.6. The summed E-state index contributed by atoms with van der Waals surface area (Å²) in [6, 6.07) is 0. The van der Waals surface area contributed by atoms with Crippen LogP contribution >= 0.6 is 0 Å². The van der Waals surface area contributed by atoms with Crippen LogP contribution in [0.15, 0.2) is 0 Å². The molecule has 0 radical (unpaired) electrons. The number of rotatable bonds is 2. The zero-order valence-electron chi connectivity index (χ0n) is 7.38. The van der Waals surface area contributed by atoms with Crippen molar-refractivity contribution in [1.82, 2.24) is 0 Å². The molecular weight excluding hydrogens is 148 g/mol. The van der Waals surface area contributed by atoms with Crippen LogP contribution in [0.2, 0.25) is 0 Å². The van der Waals surface area contributed by atoms with Gasteiger partial charge in [-0.1, -0.05) is 0 Å². The van der Waals surface area contributed by atoms with Crippen LogP contribution in [-0.4, -0.2) is 23.8 Å². The maximum absolute atomic E-state index is 10.6. The standard InChI is InChI=1S/C7H14O3.H2O/c1-5(2)9-7(8)10-6(3)4;/h5-6H,1-4H3;1H2. The SMILES string of the molecule is CC(C)OC(=O)OC(C)C.O. The summed E-state index contributed by atoms with van der Waals surface area (Å²) in [5.41, 5.74) is 0. The molecule has 0 saturated heterocycles. The molecule has 0 spiro atoms. The minimum atomic E-state index is -0.593. The van der Waals surface area contributed by atoms with Gasteiger partial charge in [-0.2, -0.15) is 0 Å². The van der Waals surface area contributed by atoms with Crippen LogP contribution in [0.4, 0.5) is 4.79 Å². The predicted octanol–water partition coefficient (Wildman–Crippen LogP) is 1.13. The molecule has 0 aliphatic heterocycles. The van der Waals surface area contributed by atoms with Gasteiger partial charge in [0.05, 0.1) is 12.2 Å². The smallest absolute Gasteiger partial charge is 0.432 e. The molecule has 11 heavy (non-hydrogen) atoms. The highest BCUT2D eigenvalue weighted by Gasteiger charge is 2.07. The van der Waals surface area contributed by atoms with E-state index in [0.717, 1.165) is 0 Å². The Kier molecular flexibility index (Phi) is 6.99. The van der Waals surface area contributed by atoms with Crippen LogP contribution in [-0.2, 0) is 9.47 Å². The van der Waals surface area contributed by atoms with E-state index >= 15 is 0 Å². The van der Waals surface area contributed by atoms with Gasteiger partial charge in [0.2, 0.25) is 0 Å². The van der Waals surface area contributed by atoms with E-state index in [-0.39, 0.29) is 17.7 Å². The molecule has 0 rings (SSSR count). The average Bonchev–Trinajstić information content (AvgIpc) is 1.58. The van der Waals surface area contributed by atoms with Gasteiger partial charge in [-0.25, -0.2) is 4.79 Å². The minimum absolute atomic E-state index is 0. The molecule has 0 amide bonds. The molecule has 0 unspecified atom stereocenters. The molecule has 2 N–H and O–H groups in total. The number of hydrogen-bond donors (Lipinski definition) is 0. The highest BCUT2D eigenvalue weighted by atomic mass is 16.7. The highest BCUT2D eigenvalue weighted by molar-refractivity contribution is 5.60. The van der Waals surface area contributed by atoms with Crippen molar-refractivity contribution in [2.24, 2.45) is 0 Å². The Labute approximate surface area is 66.8 Å². The van der Waals surface area contributed by atoms with Gasteiger partial charge in [0.15, 0.2) is 0 Å². The lowest BCUT2D eigenvalue weighted by molar-refractivity contribution is 0.0167. The summed E-state index contributed by atoms with van der Waals surface area (Å²) >= 11 is 0. The van der Waals surface area contributed by atoms with Crippen molar-refractivity contribution in [3.63, 3.8) is 0 Å². The Morgan fingerprint density at radius 2 is 1.27 bits per heavy atom. The van der Waals surface area contributed by atoms with Gasteiger partial charge >= 0.3 is 6.16 Å². The molecule has 0 aliphatic rings. The molecule has 0 saturated carbocycles. The van der Waals surface area contributed by atoms with E-state index < -0.39 is 6.16 Å². The van der Waals surface area contributed by atoms with E-state index in [2.05, 4.69) is 0 Å². The maximum Gasteiger partial charge on any atom is 0.508 e. The van der Waals surface area contributed by atoms with Crippen LogP contribution in [0, 0.1) is 0 Å². The molecule has 68 valence electrons. The zero-order chi connectivity index (χ0) is 8.15. The normalized spacial score (nSPS) is 9.27. The van der Waals surface area contributed by atoms with Crippen molar-refractivity contribution in [1.29, 1.82) is 0 Å². The Balaban J connectivity index is 0. The van der Waals surface area contributed by atoms with Crippen LogP contribution in [0.5, 0.6) is 0 Å². The van der Waals surface area contributed by atoms with Crippen molar-refractivity contribution in [2.45, 2.75) is 39.9 Å². The Morgan fingerprint density at radius 1 is 1.00 bits per heavy atom. The second-order valence-corrected chi connectivity index (χ2v) is 2.58. The average molecular weight is 164 g/mol. The van der Waals surface area contributed by atoms with E-state index in [4.69, 9.17) is 9.47 Å². The molecule has 0 aromatic heterocycles. The summed E-state index contributed by atoms with van der Waals surface area (Å²) in [6.45, 7) is 7.12. The molecule has 0 aromatic rings. The third kappa shape index (κ3) is 9.23. The Hall–Kier alpha value is -0.770. The second-order valence-electron chi connectivity index (χ2n) is 2.58. The summed E-state index contributed by atoms with van der Waals surface area (Å²) in [5.74, 6) is 0. The van der Waals surface area contributed by atoms with Crippen LogP contribution in [0.3, 0.4) is 0 Å². The number of carbonyl (C=O) groups excluding carboxylic acids is 1. The fourth-order valence-electron chi connectivity index (χ4n) is 0.413. The lowest BCUT2D eigenvalue weighted by Crippen LogP contribution is -2.16. The van der Waals surface area contributed by atoms with E-state index in [9.17, 15) is 4.79 Å². The summed E-state index contributed by atoms with van der Waals surface area (Å²) in [6.07, 6.45) is -0.803. The zero-order valence-corrected chi connectivity index (χ0v) is 7.38. The molecule has 0 aromatic carbocycles. The first-order valence-electron chi connectivity index (χ1n) is 3.39. The topological polar surface area (TPSA) is 67.0 Å². The Bertz CT molecular complexity index is 97.0. The molecule has 0 bridgehead atoms. The van der Waals surface area contributed by atoms with E-state index in [1.807, 2.05) is 0 Å². The first-order chi connectivity index (χ1) is 4.52. The van der Waals surface area contributed by atoms with Crippen LogP contribution in [0.25, 0.3) is 0 Å². The first-order valence-corrected chi connectivity index (χ1v) is 3.39. The number of hydrogen-bond acceptors (Lipinski definition) is 3. The molecule has 0 heterocycles. The third-order valence-corrected chi connectivity index (χ3v) is 0.664. The van der Waals surface area contributed by atoms with Gasteiger partial charge in [-0.15, -0.1) is 0 Å². The van der Waals surface area contributed by atoms with Gasteiger partial charge in [0, 0.05) is 0 Å². The lowest BCUT2D eigenvalue weighted by atomic mass is 10.5. The quantitative estimate of drug-likeness (QED) is 0.574. The fourth-order valence-corrected chi connectivity index (χ4v) is 0.413. The van der Waals surface area contributed by atoms with Gasteiger partial charge in [0.25, 0.3) is 0 Å². The van der Waals surface area contributed by atoms with E-state index in [1.165, 1.54) is 0 Å². The molecule has 0 fully saturated rings. The van der Waals surface area contributed by atoms with Crippen LogP contribution in [0.1, 0.15) is 27.7 Å². The largest absolute Gasteiger partial charge is 0.508 e. The van der Waals surface area contributed by atoms with Crippen molar-refractivity contribution in [2.75, 3.05) is 0 Å². The lowest BCUT2D eigenvalue weighted by Gasteiger charge is -2.10. The predicted molar refractivity (Wildman–Crippen MR) is 41.5 cm³/mol. The molecule has 0 aliphatic carbocycles. The van der Waals surface area contributed by atoms with Crippen molar-refractivity contribution >= 4 is 6.16 Å². The van der Waals surface area contributed by atoms with Gasteiger partial charge in [-0.3, -0.25) is 0 Å². The molecular formula is C7H16O4. The first kappa shape index (κ1) is 12.9. The Morgan fingerprint density at radius 3 is 1.45 bits per heavy atom. The van der Waals surface area contributed by atoms with Gasteiger partial charge in [0.1, 0.15) is 0 Å². The van der Waals surface area contributed by atoms with E-state index in [1.54, 1.807) is 27.7 Å². The van der Waals surface area contributed by atoms with Crippen molar-refractivity contribution in [3.05, 3.63) is 0 Å². The van der Waals surface area contributed by atoms with Gasteiger partial charge < -0.3 is 14.9 Å². The van der Waals surface area contributed by atoms with E-state index in [0.29, 0.717) is 0 Å². The van der Waals surface area contributed by atoms with Crippen molar-refractivity contribution in [3.8, 4) is 0 Å².